The van der Waals surface area contributed by atoms with E-state index in [0.717, 1.165) is 5.56 Å². The fourth-order valence-corrected chi connectivity index (χ4v) is 5.87. The monoisotopic (exact) mass is 439 g/mol. The first-order chi connectivity index (χ1) is 13.8. The van der Waals surface area contributed by atoms with Gasteiger partial charge in [0.05, 0.1) is 11.9 Å². The van der Waals surface area contributed by atoms with E-state index in [-0.39, 0.29) is 35.4 Å². The van der Waals surface area contributed by atoms with Crippen LogP contribution in [0.5, 0.6) is 0 Å². The summed E-state index contributed by atoms with van der Waals surface area (Å²) in [7, 11) is -3.69. The van der Waals surface area contributed by atoms with Crippen molar-refractivity contribution in [2.75, 3.05) is 37.7 Å². The Bertz CT molecular complexity index is 919. The molecule has 158 valence electrons. The van der Waals surface area contributed by atoms with Crippen LogP contribution in [0.25, 0.3) is 0 Å². The van der Waals surface area contributed by atoms with Gasteiger partial charge in [0.15, 0.2) is 5.76 Å². The molecule has 3 rings (SSSR count). The average Bonchev–Trinajstić information content (AvgIpc) is 3.07. The molecule has 1 saturated heterocycles. The van der Waals surface area contributed by atoms with Crippen molar-refractivity contribution in [3.8, 4) is 0 Å². The third-order valence-corrected chi connectivity index (χ3v) is 7.99. The van der Waals surface area contributed by atoms with Crippen molar-refractivity contribution in [3.05, 3.63) is 47.3 Å². The normalized spacial score (nSPS) is 16.7. The highest BCUT2D eigenvalue weighted by atomic mass is 32.2. The van der Waals surface area contributed by atoms with Crippen LogP contribution in [0.4, 0.5) is 0 Å². The van der Waals surface area contributed by atoms with Crippen molar-refractivity contribution in [1.29, 1.82) is 0 Å². The number of carbonyl (C=O) groups is 1. The minimum Gasteiger partial charge on any atom is -0.388 e. The number of aryl methyl sites for hydroxylation is 2. The van der Waals surface area contributed by atoms with Crippen LogP contribution >= 0.6 is 11.8 Å². The second-order valence-corrected chi connectivity index (χ2v) is 9.78. The Balaban J connectivity index is 1.48. The number of aliphatic hydroxyl groups is 1. The molecule has 10 heteroatoms. The second kappa shape index (κ2) is 9.29. The SMILES string of the molecule is Cc1noc(C)c1S(=O)(=O)N1CCN(C(=O)CSCC(O)c2ccccc2)CC1. The molecule has 0 bridgehead atoms. The lowest BCUT2D eigenvalue weighted by atomic mass is 10.1. The molecule has 29 heavy (non-hydrogen) atoms. The summed E-state index contributed by atoms with van der Waals surface area (Å²) in [6.07, 6.45) is -0.619. The van der Waals surface area contributed by atoms with Gasteiger partial charge in [0, 0.05) is 31.9 Å². The molecule has 0 saturated carbocycles. The zero-order valence-corrected chi connectivity index (χ0v) is 18.1. The first kappa shape index (κ1) is 21.8. The van der Waals surface area contributed by atoms with Gasteiger partial charge in [-0.25, -0.2) is 8.42 Å². The van der Waals surface area contributed by atoms with Gasteiger partial charge in [0.25, 0.3) is 0 Å². The summed E-state index contributed by atoms with van der Waals surface area (Å²) in [6, 6.07) is 9.32. The maximum absolute atomic E-state index is 12.8. The zero-order valence-electron chi connectivity index (χ0n) is 16.4. The molecule has 1 aliphatic rings. The van der Waals surface area contributed by atoms with Crippen molar-refractivity contribution in [1.82, 2.24) is 14.4 Å². The van der Waals surface area contributed by atoms with Crippen LogP contribution < -0.4 is 0 Å². The Hall–Kier alpha value is -1.88. The molecule has 8 nitrogen and oxygen atoms in total. The van der Waals surface area contributed by atoms with Crippen LogP contribution in [0.3, 0.4) is 0 Å². The Morgan fingerprint density at radius 1 is 1.21 bits per heavy atom. The molecule has 1 aromatic heterocycles. The number of rotatable bonds is 7. The fraction of sp³-hybridized carbons (Fsp3) is 0.474. The van der Waals surface area contributed by atoms with Gasteiger partial charge in [-0.2, -0.15) is 4.31 Å². The Kier molecular flexibility index (Phi) is 6.99. The van der Waals surface area contributed by atoms with E-state index >= 15 is 0 Å². The second-order valence-electron chi connectivity index (χ2n) is 6.88. The number of aliphatic hydroxyl groups excluding tert-OH is 1. The van der Waals surface area contributed by atoms with Gasteiger partial charge in [-0.05, 0) is 19.4 Å². The summed E-state index contributed by atoms with van der Waals surface area (Å²) >= 11 is 1.37. The summed E-state index contributed by atoms with van der Waals surface area (Å²) in [5, 5.41) is 13.9. The number of aromatic nitrogens is 1. The predicted octanol–water partition coefficient (Wildman–Crippen LogP) is 1.59. The van der Waals surface area contributed by atoms with Crippen molar-refractivity contribution >= 4 is 27.7 Å². The van der Waals surface area contributed by atoms with E-state index in [1.165, 1.54) is 16.1 Å². The Morgan fingerprint density at radius 3 is 2.45 bits per heavy atom. The molecule has 1 amide bonds. The molecular formula is C19H25N3O5S2. The average molecular weight is 440 g/mol. The third-order valence-electron chi connectivity index (χ3n) is 4.84. The molecule has 1 aromatic carbocycles. The highest BCUT2D eigenvalue weighted by Gasteiger charge is 2.34. The lowest BCUT2D eigenvalue weighted by molar-refractivity contribution is -0.129. The van der Waals surface area contributed by atoms with Gasteiger partial charge >= 0.3 is 0 Å². The van der Waals surface area contributed by atoms with E-state index < -0.39 is 16.1 Å². The summed E-state index contributed by atoms with van der Waals surface area (Å²) in [5.41, 5.74) is 1.17. The molecular weight excluding hydrogens is 414 g/mol. The van der Waals surface area contributed by atoms with Gasteiger partial charge < -0.3 is 14.5 Å². The molecule has 1 aliphatic heterocycles. The van der Waals surface area contributed by atoms with E-state index in [0.29, 0.717) is 24.5 Å². The van der Waals surface area contributed by atoms with Gasteiger partial charge in [0.2, 0.25) is 15.9 Å². The molecule has 1 fully saturated rings. The van der Waals surface area contributed by atoms with Crippen LogP contribution in [0.2, 0.25) is 0 Å². The molecule has 0 radical (unpaired) electrons. The molecule has 2 aromatic rings. The largest absolute Gasteiger partial charge is 0.388 e. The molecule has 1 N–H and O–H groups in total. The molecule has 0 spiro atoms. The molecule has 0 aliphatic carbocycles. The van der Waals surface area contributed by atoms with Gasteiger partial charge in [0.1, 0.15) is 10.6 Å². The van der Waals surface area contributed by atoms with Crippen LogP contribution in [-0.2, 0) is 14.8 Å². The van der Waals surface area contributed by atoms with E-state index in [2.05, 4.69) is 5.16 Å². The first-order valence-electron chi connectivity index (χ1n) is 9.32. The number of benzene rings is 1. The quantitative estimate of drug-likeness (QED) is 0.699. The van der Waals surface area contributed by atoms with Gasteiger partial charge in [-0.3, -0.25) is 4.79 Å². The minimum absolute atomic E-state index is 0.0513. The highest BCUT2D eigenvalue weighted by molar-refractivity contribution is 7.99. The van der Waals surface area contributed by atoms with Crippen LogP contribution in [0.1, 0.15) is 23.1 Å². The lowest BCUT2D eigenvalue weighted by Crippen LogP contribution is -2.51. The van der Waals surface area contributed by atoms with E-state index in [4.69, 9.17) is 4.52 Å². The van der Waals surface area contributed by atoms with Gasteiger partial charge in [-0.15, -0.1) is 11.8 Å². The van der Waals surface area contributed by atoms with Crippen molar-refractivity contribution in [3.63, 3.8) is 0 Å². The first-order valence-corrected chi connectivity index (χ1v) is 11.9. The number of amides is 1. The van der Waals surface area contributed by atoms with Crippen LogP contribution in [-0.4, -0.2) is 71.5 Å². The lowest BCUT2D eigenvalue weighted by Gasteiger charge is -2.34. The molecule has 2 heterocycles. The standard InChI is InChI=1S/C19H25N3O5S2/c1-14-19(15(2)27-20-14)29(25,26)22-10-8-21(9-11-22)18(24)13-28-12-17(23)16-6-4-3-5-7-16/h3-7,17,23H,8-13H2,1-2H3. The Labute approximate surface area is 174 Å². The zero-order chi connectivity index (χ0) is 21.0. The van der Waals surface area contributed by atoms with Crippen LogP contribution in [0.15, 0.2) is 39.8 Å². The number of nitrogens with zero attached hydrogens (tertiary/aromatic N) is 3. The maximum Gasteiger partial charge on any atom is 0.248 e. The van der Waals surface area contributed by atoms with Gasteiger partial charge in [-0.1, -0.05) is 35.5 Å². The predicted molar refractivity (Wildman–Crippen MR) is 110 cm³/mol. The Morgan fingerprint density at radius 2 is 1.86 bits per heavy atom. The van der Waals surface area contributed by atoms with Crippen molar-refractivity contribution in [2.45, 2.75) is 24.8 Å². The summed E-state index contributed by atoms with van der Waals surface area (Å²) in [5.74, 6) is 0.899. The number of piperazine rings is 1. The number of carbonyl (C=O) groups excluding carboxylic acids is 1. The van der Waals surface area contributed by atoms with E-state index in [1.54, 1.807) is 18.7 Å². The molecule has 1 unspecified atom stereocenters. The van der Waals surface area contributed by atoms with E-state index in [9.17, 15) is 18.3 Å². The minimum atomic E-state index is -3.69. The number of sulfonamides is 1. The van der Waals surface area contributed by atoms with Crippen molar-refractivity contribution < 1.29 is 22.8 Å². The topological polar surface area (TPSA) is 104 Å². The number of hydrogen-bond acceptors (Lipinski definition) is 7. The molecule has 1 atom stereocenters. The smallest absolute Gasteiger partial charge is 0.248 e. The third kappa shape index (κ3) is 5.00. The van der Waals surface area contributed by atoms with E-state index in [1.807, 2.05) is 30.3 Å². The summed E-state index contributed by atoms with van der Waals surface area (Å²) in [6.45, 7) is 4.31. The van der Waals surface area contributed by atoms with Crippen LogP contribution in [0, 0.1) is 13.8 Å². The van der Waals surface area contributed by atoms with Crippen molar-refractivity contribution in [2.24, 2.45) is 0 Å². The number of hydrogen-bond donors (Lipinski definition) is 1. The summed E-state index contributed by atoms with van der Waals surface area (Å²) < 4.78 is 32.0. The highest BCUT2D eigenvalue weighted by Crippen LogP contribution is 2.24. The number of thioether (sulfide) groups is 1. The summed E-state index contributed by atoms with van der Waals surface area (Å²) in [4.78, 5) is 14.2. The fourth-order valence-electron chi connectivity index (χ4n) is 3.27. The maximum atomic E-state index is 12.8.